The average Bonchev–Trinajstić information content (AvgIpc) is 3.02. The molecule has 6 nitrogen and oxygen atoms in total. The molecule has 10 heteroatoms. The van der Waals surface area contributed by atoms with Gasteiger partial charge in [-0.1, -0.05) is 72.8 Å². The fourth-order valence-corrected chi connectivity index (χ4v) is 4.98. The highest BCUT2D eigenvalue weighted by atomic mass is 19.3. The van der Waals surface area contributed by atoms with Crippen molar-refractivity contribution in [3.63, 3.8) is 0 Å². The average molecular weight is 604 g/mol. The van der Waals surface area contributed by atoms with Gasteiger partial charge in [0.05, 0.1) is 0 Å². The Balaban J connectivity index is 1.50. The van der Waals surface area contributed by atoms with Crippen LogP contribution in [0.1, 0.15) is 33.7 Å². The Labute approximate surface area is 252 Å². The molecule has 2 aromatic heterocycles. The van der Waals surface area contributed by atoms with Gasteiger partial charge in [0.25, 0.3) is 0 Å². The van der Waals surface area contributed by atoms with E-state index in [0.29, 0.717) is 29.8 Å². The predicted molar refractivity (Wildman–Crippen MR) is 158 cm³/mol. The van der Waals surface area contributed by atoms with Crippen molar-refractivity contribution in [2.75, 3.05) is 4.90 Å². The van der Waals surface area contributed by atoms with E-state index in [1.54, 1.807) is 18.3 Å². The molecule has 0 saturated heterocycles. The first kappa shape index (κ1) is 30.3. The monoisotopic (exact) mass is 603 g/mol. The molecule has 0 aliphatic carbocycles. The van der Waals surface area contributed by atoms with Crippen LogP contribution in [0, 0.1) is 5.21 Å². The minimum absolute atomic E-state index is 0.364. The van der Waals surface area contributed by atoms with Crippen molar-refractivity contribution in [3.05, 3.63) is 155 Å². The lowest BCUT2D eigenvalue weighted by Crippen LogP contribution is -2.24. The van der Waals surface area contributed by atoms with Crippen LogP contribution in [0.2, 0.25) is 0 Å². The summed E-state index contributed by atoms with van der Waals surface area (Å²) >= 11 is 0. The van der Waals surface area contributed by atoms with Crippen molar-refractivity contribution in [1.82, 2.24) is 4.98 Å². The van der Waals surface area contributed by atoms with Gasteiger partial charge in [-0.15, -0.1) is 0 Å². The summed E-state index contributed by atoms with van der Waals surface area (Å²) in [6.45, 7) is -5.23. The second-order valence-electron chi connectivity index (χ2n) is 10.1. The number of rotatable bonds is 13. The summed E-state index contributed by atoms with van der Waals surface area (Å²) in [6, 6.07) is 31.2. The standard InChI is InChI=1S/C34H29F4N3O3/c35-33(36)43-30-13-11-27(20-31(30)44-34(37)38)29(19-24-15-17-41(42)18-16-24)28-12-14-32(39-21-28)40(22-25-7-3-1-4-8-25)23-26-9-5-2-6-10-26/h1-18,20-21,29,33-34H,19,22-23H2. The van der Waals surface area contributed by atoms with Gasteiger partial charge < -0.3 is 19.6 Å². The van der Waals surface area contributed by atoms with E-state index < -0.39 is 30.6 Å². The zero-order valence-electron chi connectivity index (χ0n) is 23.5. The Morgan fingerprint density at radius 3 is 1.77 bits per heavy atom. The number of hydrogen-bond acceptors (Lipinski definition) is 5. The van der Waals surface area contributed by atoms with E-state index in [0.717, 1.165) is 28.1 Å². The van der Waals surface area contributed by atoms with E-state index in [-0.39, 0.29) is 0 Å². The molecule has 226 valence electrons. The molecular formula is C34H29F4N3O3. The van der Waals surface area contributed by atoms with Gasteiger partial charge in [-0.2, -0.15) is 22.3 Å². The minimum atomic E-state index is -3.24. The maximum atomic E-state index is 13.2. The lowest BCUT2D eigenvalue weighted by Gasteiger charge is -2.25. The summed E-state index contributed by atoms with van der Waals surface area (Å²) in [5.74, 6) is -0.721. The van der Waals surface area contributed by atoms with Crippen LogP contribution in [-0.4, -0.2) is 18.2 Å². The van der Waals surface area contributed by atoms with Gasteiger partial charge in [0, 0.05) is 37.3 Å². The smallest absolute Gasteiger partial charge is 0.387 e. The summed E-state index contributed by atoms with van der Waals surface area (Å²) in [4.78, 5) is 6.95. The number of nitrogens with zero attached hydrogens (tertiary/aromatic N) is 3. The number of benzene rings is 3. The molecule has 0 aliphatic heterocycles. The third-order valence-corrected chi connectivity index (χ3v) is 7.04. The Bertz CT molecular complexity index is 1570. The maximum Gasteiger partial charge on any atom is 0.387 e. The largest absolute Gasteiger partial charge is 0.619 e. The summed E-state index contributed by atoms with van der Waals surface area (Å²) in [5, 5.41) is 11.6. The normalized spacial score (nSPS) is 11.9. The molecule has 0 radical (unpaired) electrons. The first-order valence-corrected chi connectivity index (χ1v) is 13.8. The second-order valence-corrected chi connectivity index (χ2v) is 10.1. The number of hydrogen-bond donors (Lipinski definition) is 0. The lowest BCUT2D eigenvalue weighted by molar-refractivity contribution is -0.605. The van der Waals surface area contributed by atoms with Crippen LogP contribution >= 0.6 is 0 Å². The molecule has 44 heavy (non-hydrogen) atoms. The van der Waals surface area contributed by atoms with Gasteiger partial charge in [0.15, 0.2) is 23.9 Å². The third-order valence-electron chi connectivity index (χ3n) is 7.04. The molecule has 0 N–H and O–H groups in total. The molecule has 1 atom stereocenters. The molecule has 0 spiro atoms. The zero-order valence-corrected chi connectivity index (χ0v) is 23.5. The first-order chi connectivity index (χ1) is 21.3. The lowest BCUT2D eigenvalue weighted by atomic mass is 9.86. The van der Waals surface area contributed by atoms with Gasteiger partial charge in [0.2, 0.25) is 0 Å². The van der Waals surface area contributed by atoms with E-state index in [4.69, 9.17) is 4.98 Å². The van der Waals surface area contributed by atoms with Crippen LogP contribution in [0.15, 0.2) is 122 Å². The van der Waals surface area contributed by atoms with Crippen LogP contribution in [-0.2, 0) is 19.5 Å². The van der Waals surface area contributed by atoms with E-state index in [1.165, 1.54) is 30.6 Å². The van der Waals surface area contributed by atoms with Crippen LogP contribution in [0.3, 0.4) is 0 Å². The molecule has 5 aromatic rings. The first-order valence-electron chi connectivity index (χ1n) is 13.8. The number of halogens is 4. The maximum absolute atomic E-state index is 13.2. The molecule has 0 fully saturated rings. The molecule has 1 unspecified atom stereocenters. The Hall–Kier alpha value is -5.12. The van der Waals surface area contributed by atoms with Gasteiger partial charge >= 0.3 is 13.2 Å². The summed E-state index contributed by atoms with van der Waals surface area (Å²) < 4.78 is 61.9. The molecule has 3 aromatic carbocycles. The van der Waals surface area contributed by atoms with Crippen molar-refractivity contribution in [1.29, 1.82) is 0 Å². The Morgan fingerprint density at radius 2 is 1.23 bits per heavy atom. The van der Waals surface area contributed by atoms with Crippen LogP contribution < -0.4 is 19.1 Å². The number of pyridine rings is 2. The number of aromatic nitrogens is 2. The molecule has 0 aliphatic rings. The third kappa shape index (κ3) is 8.25. The number of anilines is 1. The predicted octanol–water partition coefficient (Wildman–Crippen LogP) is 7.50. The van der Waals surface area contributed by atoms with Gasteiger partial charge in [0.1, 0.15) is 5.82 Å². The molecule has 0 amide bonds. The fourth-order valence-electron chi connectivity index (χ4n) is 4.98. The summed E-state index contributed by atoms with van der Waals surface area (Å²) in [5.41, 5.74) is 4.29. The SMILES string of the molecule is [O-][n+]1ccc(CC(c2ccc(N(Cc3ccccc3)Cc3ccccc3)nc2)c2ccc(OC(F)F)c(OC(F)F)c2)cc1. The van der Waals surface area contributed by atoms with Gasteiger partial charge in [-0.3, -0.25) is 0 Å². The number of alkyl halides is 4. The van der Waals surface area contributed by atoms with Crippen LogP contribution in [0.5, 0.6) is 11.5 Å². The number of ether oxygens (including phenoxy) is 2. The van der Waals surface area contributed by atoms with Crippen molar-refractivity contribution < 1.29 is 31.8 Å². The highest BCUT2D eigenvalue weighted by Crippen LogP contribution is 2.37. The molecule has 0 saturated carbocycles. The highest BCUT2D eigenvalue weighted by molar-refractivity contribution is 5.48. The van der Waals surface area contributed by atoms with E-state index in [2.05, 4.69) is 14.4 Å². The quantitative estimate of drug-likeness (QED) is 0.0793. The molecule has 2 heterocycles. The van der Waals surface area contributed by atoms with Gasteiger partial charge in [-0.25, -0.2) is 4.98 Å². The fraction of sp³-hybridized carbons (Fsp3) is 0.176. The Morgan fingerprint density at radius 1 is 0.659 bits per heavy atom. The van der Waals surface area contributed by atoms with Crippen molar-refractivity contribution in [3.8, 4) is 11.5 Å². The second kappa shape index (κ2) is 14.4. The van der Waals surface area contributed by atoms with Crippen LogP contribution in [0.25, 0.3) is 0 Å². The summed E-state index contributed by atoms with van der Waals surface area (Å²) in [7, 11) is 0. The van der Waals surface area contributed by atoms with Crippen LogP contribution in [0.4, 0.5) is 23.4 Å². The molecule has 0 bridgehead atoms. The Kier molecular flexibility index (Phi) is 9.91. The zero-order chi connectivity index (χ0) is 30.9. The van der Waals surface area contributed by atoms with E-state index in [1.807, 2.05) is 72.8 Å². The van der Waals surface area contributed by atoms with Gasteiger partial charge in [-0.05, 0) is 52.4 Å². The van der Waals surface area contributed by atoms with Crippen molar-refractivity contribution in [2.45, 2.75) is 38.7 Å². The summed E-state index contributed by atoms with van der Waals surface area (Å²) in [6.07, 6.45) is 4.81. The minimum Gasteiger partial charge on any atom is -0.619 e. The van der Waals surface area contributed by atoms with E-state index >= 15 is 0 Å². The van der Waals surface area contributed by atoms with E-state index in [9.17, 15) is 22.8 Å². The van der Waals surface area contributed by atoms with Crippen molar-refractivity contribution >= 4 is 5.82 Å². The van der Waals surface area contributed by atoms with Crippen molar-refractivity contribution in [2.24, 2.45) is 0 Å². The highest BCUT2D eigenvalue weighted by Gasteiger charge is 2.22. The topological polar surface area (TPSA) is 61.5 Å². The molecular weight excluding hydrogens is 574 g/mol. The molecule has 5 rings (SSSR count).